The highest BCUT2D eigenvalue weighted by atomic mass is 16.8. The van der Waals surface area contributed by atoms with Gasteiger partial charge in [0, 0.05) is 20.8 Å². The Morgan fingerprint density at radius 2 is 0.747 bits per heavy atom. The van der Waals surface area contributed by atoms with E-state index in [9.17, 15) is 122 Å². The summed E-state index contributed by atoms with van der Waals surface area (Å²) in [6.07, 6.45) is -72.1. The molecule has 0 unspecified atom stereocenters. The van der Waals surface area contributed by atoms with Gasteiger partial charge in [-0.25, -0.2) is 0 Å². The molecule has 8 aliphatic heterocycles. The molecule has 8 saturated heterocycles. The second kappa shape index (κ2) is 33.6. The molecule has 95 heavy (non-hydrogen) atoms. The Bertz CT molecular complexity index is 2440. The number of aliphatic hydroxyl groups excluding tert-OH is 21. The van der Waals surface area contributed by atoms with Crippen LogP contribution >= 0.6 is 0 Å². The number of carbonyl (C=O) groups is 3. The van der Waals surface area contributed by atoms with E-state index in [0.29, 0.717) is 0 Å². The first-order valence-electron chi connectivity index (χ1n) is 30.4. The van der Waals surface area contributed by atoms with Crippen molar-refractivity contribution >= 4 is 17.7 Å². The number of rotatable bonds is 23. The average molecular weight is 1390 g/mol. The van der Waals surface area contributed by atoms with Gasteiger partial charge in [0.2, 0.25) is 17.7 Å². The quantitative estimate of drug-likeness (QED) is 0.0452. The van der Waals surface area contributed by atoms with Crippen molar-refractivity contribution in [3.8, 4) is 0 Å². The van der Waals surface area contributed by atoms with Crippen LogP contribution in [0.15, 0.2) is 0 Å². The van der Waals surface area contributed by atoms with Crippen molar-refractivity contribution in [2.75, 3.05) is 46.2 Å². The first-order valence-corrected chi connectivity index (χ1v) is 30.4. The number of aliphatic hydroxyl groups is 21. The molecule has 550 valence electrons. The maximum Gasteiger partial charge on any atom is 0.217 e. The number of nitrogens with one attached hydrogen (secondary N) is 3. The van der Waals surface area contributed by atoms with Crippen LogP contribution in [-0.4, -0.2) is 411 Å². The van der Waals surface area contributed by atoms with Gasteiger partial charge in [-0.15, -0.1) is 0 Å². The van der Waals surface area contributed by atoms with Crippen LogP contribution in [0.4, 0.5) is 0 Å². The number of hydrogen-bond donors (Lipinski definition) is 24. The molecule has 0 bridgehead atoms. The molecule has 8 rings (SSSR count). The zero-order valence-electron chi connectivity index (χ0n) is 51.2. The standard InChI is InChI=1S/C53H89N3O39/c1-12-26(66)34(74)38(78)50(83-12)92-42-25(56-15(4)64)46(80)84-21(9-61)41(42)91-48-24(55-14(3)63)33(73)40(20(8-60)88-48)90-53-45(95-49-37(77)27(67)16(65)10-81-49)43(93-51-39(79)35(75)29(69)18(6-58)86-51)31(71)22(89-53)11-82-52-44(36(76)30(70)19(7-59)87-52)94-47-23(54-13(2)62)32(72)28(68)17(5-57)85-47/h12,16-53,57-61,65-80H,5-11H2,1-4H3,(H,54,62)(H,55,63)(H,56,64)/t12-,16-,17-,18-,19-,20-,21-,22-,23-,24-,25-,26+,27+,28-,29-,30-,31-,32-,33-,34+,35+,36+,37-,38-,39+,40-,41-,42-,43+,44+,45+,46-,47+,48+,49-,50-,51-,52+,53+/m1/s1. The third-order valence-corrected chi connectivity index (χ3v) is 17.4. The highest BCUT2D eigenvalue weighted by Gasteiger charge is 2.60. The molecule has 42 nitrogen and oxygen atoms in total. The van der Waals surface area contributed by atoms with Crippen molar-refractivity contribution in [3.05, 3.63) is 0 Å². The van der Waals surface area contributed by atoms with Gasteiger partial charge >= 0.3 is 0 Å². The van der Waals surface area contributed by atoms with Gasteiger partial charge < -0.3 is 194 Å². The van der Waals surface area contributed by atoms with Crippen LogP contribution in [0.1, 0.15) is 27.7 Å². The topological polar surface area (TPSA) is 651 Å². The van der Waals surface area contributed by atoms with Gasteiger partial charge in [-0.2, -0.15) is 0 Å². The van der Waals surface area contributed by atoms with E-state index >= 15 is 0 Å². The number of ether oxygens (including phenoxy) is 15. The molecule has 3 amide bonds. The summed E-state index contributed by atoms with van der Waals surface area (Å²) in [5.41, 5.74) is 0. The van der Waals surface area contributed by atoms with Crippen LogP contribution in [-0.2, 0) is 85.4 Å². The molecule has 0 saturated carbocycles. The predicted molar refractivity (Wildman–Crippen MR) is 292 cm³/mol. The lowest BCUT2D eigenvalue weighted by Crippen LogP contribution is -2.71. The fourth-order valence-electron chi connectivity index (χ4n) is 12.2. The molecule has 39 atom stereocenters. The van der Waals surface area contributed by atoms with Gasteiger partial charge in [-0.3, -0.25) is 14.4 Å². The smallest absolute Gasteiger partial charge is 0.217 e. The molecule has 0 radical (unpaired) electrons. The lowest BCUT2D eigenvalue weighted by atomic mass is 9.93. The Labute approximate surface area is 538 Å². The largest absolute Gasteiger partial charge is 0.394 e. The van der Waals surface area contributed by atoms with Crippen LogP contribution in [0.2, 0.25) is 0 Å². The average Bonchev–Trinajstić information content (AvgIpc) is 0.772. The summed E-state index contributed by atoms with van der Waals surface area (Å²) in [6.45, 7) is -2.89. The fraction of sp³-hybridized carbons (Fsp3) is 0.943. The van der Waals surface area contributed by atoms with Crippen molar-refractivity contribution in [2.45, 2.75) is 267 Å². The van der Waals surface area contributed by atoms with E-state index in [4.69, 9.17) is 71.1 Å². The highest BCUT2D eigenvalue weighted by Crippen LogP contribution is 2.39. The van der Waals surface area contributed by atoms with Gasteiger partial charge in [0.1, 0.15) is 183 Å². The minimum atomic E-state index is -2.38. The second-order valence-corrected chi connectivity index (χ2v) is 24.2. The van der Waals surface area contributed by atoms with Crippen LogP contribution in [0, 0.1) is 0 Å². The fourth-order valence-corrected chi connectivity index (χ4v) is 12.2. The van der Waals surface area contributed by atoms with Gasteiger partial charge in [0.15, 0.2) is 50.3 Å². The van der Waals surface area contributed by atoms with Crippen molar-refractivity contribution < 1.29 is 193 Å². The summed E-state index contributed by atoms with van der Waals surface area (Å²) in [4.78, 5) is 38.2. The normalized spacial score (nSPS) is 49.9. The minimum absolute atomic E-state index is 0.767. The summed E-state index contributed by atoms with van der Waals surface area (Å²) in [5, 5.41) is 238. The lowest BCUT2D eigenvalue weighted by molar-refractivity contribution is -0.406. The van der Waals surface area contributed by atoms with Gasteiger partial charge in [0.05, 0.1) is 52.4 Å². The number of hydrogen-bond acceptors (Lipinski definition) is 39. The van der Waals surface area contributed by atoms with E-state index < -0.39 is 303 Å². The third kappa shape index (κ3) is 17.1. The van der Waals surface area contributed by atoms with Crippen molar-refractivity contribution in [1.29, 1.82) is 0 Å². The van der Waals surface area contributed by atoms with Crippen LogP contribution in [0.25, 0.3) is 0 Å². The minimum Gasteiger partial charge on any atom is -0.394 e. The Balaban J connectivity index is 1.17. The van der Waals surface area contributed by atoms with Crippen LogP contribution < -0.4 is 16.0 Å². The molecular weight excluding hydrogens is 1300 g/mol. The molecule has 0 spiro atoms. The Morgan fingerprint density at radius 3 is 1.32 bits per heavy atom. The zero-order chi connectivity index (χ0) is 69.9. The molecule has 0 aromatic heterocycles. The number of carbonyl (C=O) groups excluding carboxylic acids is 3. The Hall–Kier alpha value is -3.03. The summed E-state index contributed by atoms with van der Waals surface area (Å²) < 4.78 is 89.5. The zero-order valence-corrected chi connectivity index (χ0v) is 51.2. The summed E-state index contributed by atoms with van der Waals surface area (Å²) in [5.74, 6) is -2.59. The summed E-state index contributed by atoms with van der Waals surface area (Å²) in [7, 11) is 0. The molecule has 24 N–H and O–H groups in total. The van der Waals surface area contributed by atoms with E-state index in [1.807, 2.05) is 0 Å². The van der Waals surface area contributed by atoms with E-state index in [1.165, 1.54) is 6.92 Å². The second-order valence-electron chi connectivity index (χ2n) is 24.2. The molecule has 0 aliphatic carbocycles. The van der Waals surface area contributed by atoms with Gasteiger partial charge in [-0.1, -0.05) is 0 Å². The first-order chi connectivity index (χ1) is 44.9. The van der Waals surface area contributed by atoms with E-state index in [-0.39, 0.29) is 0 Å². The maximum atomic E-state index is 13.2. The highest BCUT2D eigenvalue weighted by molar-refractivity contribution is 5.74. The van der Waals surface area contributed by atoms with Crippen molar-refractivity contribution in [3.63, 3.8) is 0 Å². The first kappa shape index (κ1) is 77.7. The molecular formula is C53H89N3O39. The third-order valence-electron chi connectivity index (χ3n) is 17.4. The maximum absolute atomic E-state index is 13.2. The molecule has 8 heterocycles. The molecule has 0 aromatic rings. The van der Waals surface area contributed by atoms with Crippen LogP contribution in [0.3, 0.4) is 0 Å². The molecule has 8 fully saturated rings. The molecule has 0 aromatic carbocycles. The van der Waals surface area contributed by atoms with Gasteiger partial charge in [0.25, 0.3) is 0 Å². The monoisotopic (exact) mass is 1390 g/mol. The SMILES string of the molecule is CC(=O)N[C@@H]1[C@@H](O[C@H]2O[C@H](C)[C@H](O)[C@H](O)[C@H]2O)[C@H](O[C@@H]2O[C@H](CO)[C@@H](O[C@@H]3O[C@H](CO[C@H]4O[C@H](CO)[C@@H](O)[C@H](O)[C@@H]4O[C@@H]4O[C@H](CO)[C@@H](O)[C@H](O)[C@H]4NC(C)=O)[C@@H](O)[C@H](O[C@H]4O[C@H](CO)[C@@H](O)[C@H](O)[C@@H]4O)[C@@H]3O[C@H]3OC[C@@H](O)[C@H](O)[C@H]3O)[C@H](O)[C@H]2NC(C)=O)[C@@H](CO)O[C@H]1O. The Morgan fingerprint density at radius 1 is 0.337 bits per heavy atom. The summed E-state index contributed by atoms with van der Waals surface area (Å²) >= 11 is 0. The summed E-state index contributed by atoms with van der Waals surface area (Å²) in [6, 6.07) is -5.38. The Kier molecular flexibility index (Phi) is 27.5. The van der Waals surface area contributed by atoms with Crippen molar-refractivity contribution in [2.24, 2.45) is 0 Å². The van der Waals surface area contributed by atoms with E-state index in [1.54, 1.807) is 0 Å². The molecule has 42 heteroatoms. The van der Waals surface area contributed by atoms with E-state index in [2.05, 4.69) is 16.0 Å². The predicted octanol–water partition coefficient (Wildman–Crippen LogP) is -16.4. The van der Waals surface area contributed by atoms with E-state index in [0.717, 1.165) is 20.8 Å². The van der Waals surface area contributed by atoms with Crippen LogP contribution in [0.5, 0.6) is 0 Å². The molecule has 8 aliphatic rings. The lowest BCUT2D eigenvalue weighted by Gasteiger charge is -2.52. The van der Waals surface area contributed by atoms with Crippen molar-refractivity contribution in [1.82, 2.24) is 16.0 Å². The van der Waals surface area contributed by atoms with Gasteiger partial charge in [-0.05, 0) is 6.92 Å². The number of amides is 3.